The van der Waals surface area contributed by atoms with Gasteiger partial charge in [0.25, 0.3) is 0 Å². The summed E-state index contributed by atoms with van der Waals surface area (Å²) in [5.74, 6) is 0.286. The Bertz CT molecular complexity index is 406. The Balaban J connectivity index is 1.60. The minimum Gasteiger partial charge on any atom is -0.508 e. The van der Waals surface area contributed by atoms with Gasteiger partial charge < -0.3 is 24.8 Å². The summed E-state index contributed by atoms with van der Waals surface area (Å²) in [6, 6.07) is 7.22. The van der Waals surface area contributed by atoms with Crippen molar-refractivity contribution in [2.45, 2.75) is 50.6 Å². The van der Waals surface area contributed by atoms with Crippen molar-refractivity contribution in [3.05, 3.63) is 29.8 Å². The van der Waals surface area contributed by atoms with Gasteiger partial charge in [0.05, 0.1) is 18.8 Å². The molecule has 1 aromatic carbocycles. The van der Waals surface area contributed by atoms with Crippen LogP contribution in [0.3, 0.4) is 0 Å². The summed E-state index contributed by atoms with van der Waals surface area (Å²) < 4.78 is 11.1. The lowest BCUT2D eigenvalue weighted by Gasteiger charge is -2.32. The number of phenols is 1. The highest BCUT2D eigenvalue weighted by Gasteiger charge is 2.28. The van der Waals surface area contributed by atoms with Crippen LogP contribution in [-0.4, -0.2) is 47.0 Å². The molecule has 1 saturated heterocycles. The fourth-order valence-electron chi connectivity index (χ4n) is 2.48. The second kappa shape index (κ2) is 8.34. The van der Waals surface area contributed by atoms with Gasteiger partial charge in [0, 0.05) is 19.4 Å². The zero-order chi connectivity index (χ0) is 15.1. The number of unbranched alkanes of at least 4 members (excludes halogenated alkanes) is 1. The van der Waals surface area contributed by atoms with Crippen LogP contribution in [0.2, 0.25) is 0 Å². The summed E-state index contributed by atoms with van der Waals surface area (Å²) in [6.07, 6.45) is 2.57. The van der Waals surface area contributed by atoms with Crippen LogP contribution in [0, 0.1) is 0 Å². The predicted molar refractivity (Wildman–Crippen MR) is 78.0 cm³/mol. The monoisotopic (exact) mass is 296 g/mol. The molecule has 1 fully saturated rings. The van der Waals surface area contributed by atoms with E-state index < -0.39 is 12.4 Å². The van der Waals surface area contributed by atoms with E-state index in [1.165, 1.54) is 5.56 Å². The van der Waals surface area contributed by atoms with Gasteiger partial charge in [0.1, 0.15) is 5.75 Å². The number of aliphatic hydroxyl groups excluding tert-OH is 2. The molecule has 1 heterocycles. The van der Waals surface area contributed by atoms with Crippen LogP contribution in [0.1, 0.15) is 31.2 Å². The van der Waals surface area contributed by atoms with Gasteiger partial charge in [0.15, 0.2) is 6.29 Å². The van der Waals surface area contributed by atoms with E-state index in [0.29, 0.717) is 19.4 Å². The number of hydrogen-bond acceptors (Lipinski definition) is 5. The van der Waals surface area contributed by atoms with Crippen molar-refractivity contribution in [3.8, 4) is 5.75 Å². The van der Waals surface area contributed by atoms with Crippen molar-refractivity contribution < 1.29 is 24.8 Å². The lowest BCUT2D eigenvalue weighted by molar-refractivity contribution is -0.221. The van der Waals surface area contributed by atoms with Crippen molar-refractivity contribution in [2.24, 2.45) is 0 Å². The third-order valence-electron chi connectivity index (χ3n) is 3.65. The smallest absolute Gasteiger partial charge is 0.160 e. The Morgan fingerprint density at radius 1 is 1.14 bits per heavy atom. The standard InChI is InChI=1S/C16H24O5/c17-11-15-9-14(19)10-16(21-15)20-8-2-1-3-12-4-6-13(18)7-5-12/h4-7,14-19H,1-3,8-11H2/t14-,15-,16+/m0/s1. The van der Waals surface area contributed by atoms with Gasteiger partial charge in [-0.15, -0.1) is 0 Å². The molecule has 1 aliphatic rings. The molecular weight excluding hydrogens is 272 g/mol. The van der Waals surface area contributed by atoms with Crippen molar-refractivity contribution in [3.63, 3.8) is 0 Å². The number of rotatable bonds is 7. The molecule has 0 amide bonds. The van der Waals surface area contributed by atoms with Crippen LogP contribution in [-0.2, 0) is 15.9 Å². The molecule has 0 spiro atoms. The molecule has 21 heavy (non-hydrogen) atoms. The number of hydrogen-bond donors (Lipinski definition) is 3. The van der Waals surface area contributed by atoms with Crippen molar-refractivity contribution in [1.29, 1.82) is 0 Å². The predicted octanol–water partition coefficient (Wildman–Crippen LogP) is 1.59. The lowest BCUT2D eigenvalue weighted by Crippen LogP contribution is -2.39. The number of phenolic OH excluding ortho intramolecular Hbond substituents is 1. The first kappa shape index (κ1) is 16.2. The van der Waals surface area contributed by atoms with Crippen LogP contribution >= 0.6 is 0 Å². The molecule has 0 aliphatic carbocycles. The van der Waals surface area contributed by atoms with Crippen LogP contribution in [0.5, 0.6) is 5.75 Å². The summed E-state index contributed by atoms with van der Waals surface area (Å²) in [5.41, 5.74) is 1.19. The van der Waals surface area contributed by atoms with Gasteiger partial charge in [-0.05, 0) is 37.0 Å². The molecule has 3 N–H and O–H groups in total. The molecule has 5 heteroatoms. The van der Waals surface area contributed by atoms with Gasteiger partial charge >= 0.3 is 0 Å². The minimum absolute atomic E-state index is 0.0855. The highest BCUT2D eigenvalue weighted by Crippen LogP contribution is 2.20. The first-order valence-corrected chi connectivity index (χ1v) is 7.51. The Morgan fingerprint density at radius 2 is 1.90 bits per heavy atom. The zero-order valence-corrected chi connectivity index (χ0v) is 12.1. The van der Waals surface area contributed by atoms with Crippen LogP contribution in [0.25, 0.3) is 0 Å². The average Bonchev–Trinajstić information content (AvgIpc) is 2.48. The summed E-state index contributed by atoms with van der Waals surface area (Å²) in [5, 5.41) is 27.9. The molecule has 0 aromatic heterocycles. The summed E-state index contributed by atoms with van der Waals surface area (Å²) >= 11 is 0. The second-order valence-corrected chi connectivity index (χ2v) is 5.49. The molecular formula is C16H24O5. The maximum Gasteiger partial charge on any atom is 0.160 e. The van der Waals surface area contributed by atoms with E-state index >= 15 is 0 Å². The average molecular weight is 296 g/mol. The number of aliphatic hydroxyl groups is 2. The Kier molecular flexibility index (Phi) is 6.45. The molecule has 2 rings (SSSR count). The Hall–Kier alpha value is -1.14. The molecule has 1 aliphatic heterocycles. The molecule has 0 saturated carbocycles. The van der Waals surface area contributed by atoms with E-state index in [2.05, 4.69) is 0 Å². The normalized spacial score (nSPS) is 25.9. The van der Waals surface area contributed by atoms with E-state index in [-0.39, 0.29) is 18.5 Å². The maximum atomic E-state index is 9.66. The molecule has 0 bridgehead atoms. The number of aromatic hydroxyl groups is 1. The Labute approximate surface area is 125 Å². The second-order valence-electron chi connectivity index (χ2n) is 5.49. The van der Waals surface area contributed by atoms with Crippen molar-refractivity contribution in [2.75, 3.05) is 13.2 Å². The number of benzene rings is 1. The van der Waals surface area contributed by atoms with Gasteiger partial charge in [-0.25, -0.2) is 0 Å². The van der Waals surface area contributed by atoms with Crippen LogP contribution in [0.15, 0.2) is 24.3 Å². The largest absolute Gasteiger partial charge is 0.508 e. The van der Waals surface area contributed by atoms with Crippen molar-refractivity contribution >= 4 is 0 Å². The van der Waals surface area contributed by atoms with Gasteiger partial charge in [-0.3, -0.25) is 0 Å². The highest BCUT2D eigenvalue weighted by molar-refractivity contribution is 5.25. The van der Waals surface area contributed by atoms with Gasteiger partial charge in [-0.2, -0.15) is 0 Å². The topological polar surface area (TPSA) is 79.2 Å². The van der Waals surface area contributed by atoms with E-state index in [1.54, 1.807) is 12.1 Å². The van der Waals surface area contributed by atoms with E-state index in [4.69, 9.17) is 14.6 Å². The third-order valence-corrected chi connectivity index (χ3v) is 3.65. The van der Waals surface area contributed by atoms with Gasteiger partial charge in [0.2, 0.25) is 0 Å². The molecule has 3 atom stereocenters. The Morgan fingerprint density at radius 3 is 2.62 bits per heavy atom. The molecule has 118 valence electrons. The maximum absolute atomic E-state index is 9.66. The highest BCUT2D eigenvalue weighted by atomic mass is 16.7. The molecule has 0 radical (unpaired) electrons. The van der Waals surface area contributed by atoms with E-state index in [1.807, 2.05) is 12.1 Å². The summed E-state index contributed by atoms with van der Waals surface area (Å²) in [4.78, 5) is 0. The number of ether oxygens (including phenoxy) is 2. The summed E-state index contributed by atoms with van der Waals surface area (Å²) in [7, 11) is 0. The quantitative estimate of drug-likeness (QED) is 0.666. The number of aryl methyl sites for hydroxylation is 1. The van der Waals surface area contributed by atoms with E-state index in [9.17, 15) is 10.2 Å². The fourth-order valence-corrected chi connectivity index (χ4v) is 2.48. The molecule has 0 unspecified atom stereocenters. The minimum atomic E-state index is -0.460. The van der Waals surface area contributed by atoms with Crippen LogP contribution < -0.4 is 0 Å². The first-order chi connectivity index (χ1) is 10.2. The third kappa shape index (κ3) is 5.63. The molecule has 5 nitrogen and oxygen atoms in total. The van der Waals surface area contributed by atoms with Gasteiger partial charge in [-0.1, -0.05) is 12.1 Å². The fraction of sp³-hybridized carbons (Fsp3) is 0.625. The first-order valence-electron chi connectivity index (χ1n) is 7.51. The molecule has 1 aromatic rings. The van der Waals surface area contributed by atoms with E-state index in [0.717, 1.165) is 19.3 Å². The summed E-state index contributed by atoms with van der Waals surface area (Å²) in [6.45, 7) is 0.491. The zero-order valence-electron chi connectivity index (χ0n) is 12.1. The van der Waals surface area contributed by atoms with Crippen molar-refractivity contribution in [1.82, 2.24) is 0 Å². The van der Waals surface area contributed by atoms with Crippen LogP contribution in [0.4, 0.5) is 0 Å². The lowest BCUT2D eigenvalue weighted by atomic mass is 10.1. The SMILES string of the molecule is OC[C@@H]1C[C@H](O)C[C@H](OCCCCc2ccc(O)cc2)O1.